The Morgan fingerprint density at radius 1 is 1.26 bits per heavy atom. The van der Waals surface area contributed by atoms with Crippen molar-refractivity contribution >= 4 is 42.5 Å². The molecule has 0 spiro atoms. The molecule has 2 aromatic rings. The second-order valence-electron chi connectivity index (χ2n) is 5.99. The van der Waals surface area contributed by atoms with Gasteiger partial charge in [-0.1, -0.05) is 18.2 Å². The van der Waals surface area contributed by atoms with Crippen molar-refractivity contribution in [2.75, 3.05) is 25.4 Å². The quantitative estimate of drug-likeness (QED) is 0.705. The number of hydrogen-bond acceptors (Lipinski definition) is 4. The highest BCUT2D eigenvalue weighted by Gasteiger charge is 2.27. The van der Waals surface area contributed by atoms with Crippen LogP contribution in [-0.2, 0) is 10.5 Å². The number of rotatable bonds is 6. The number of nitrogens with one attached hydrogen (secondary N) is 1. The first-order chi connectivity index (χ1) is 12.2. The molecule has 2 heterocycles. The van der Waals surface area contributed by atoms with Gasteiger partial charge in [-0.2, -0.15) is 11.8 Å². The van der Waals surface area contributed by atoms with Crippen LogP contribution in [0.2, 0.25) is 0 Å². The largest absolute Gasteiger partial charge is 0.333 e. The lowest BCUT2D eigenvalue weighted by molar-refractivity contribution is -0.134. The fourth-order valence-corrected chi connectivity index (χ4v) is 3.82. The monoisotopic (exact) mass is 431 g/mol. The maximum atomic E-state index is 13.5. The molecule has 1 unspecified atom stereocenters. The standard InChI is InChI=1S/C19H22FN3OS.2ClH/c20-16-5-3-4-15(12-16)18-13-21-9-10-23(18)19(24)7-11-25-14-17-6-1-2-8-22-17;;/h1-6,8,12,18,21H,7,9-11,13-14H2;2*1H. The number of thioether (sulfide) groups is 1. The van der Waals surface area contributed by atoms with Gasteiger partial charge in [0.2, 0.25) is 5.91 Å². The zero-order valence-corrected chi connectivity index (χ0v) is 17.3. The Bertz CT molecular complexity index is 708. The topological polar surface area (TPSA) is 45.2 Å². The third-order valence-corrected chi connectivity index (χ3v) is 5.23. The minimum absolute atomic E-state index is 0. The van der Waals surface area contributed by atoms with E-state index in [0.29, 0.717) is 19.5 Å². The molecule has 1 N–H and O–H groups in total. The van der Waals surface area contributed by atoms with Gasteiger partial charge in [-0.15, -0.1) is 24.8 Å². The van der Waals surface area contributed by atoms with Gasteiger partial charge in [0, 0.05) is 43.8 Å². The maximum absolute atomic E-state index is 13.5. The van der Waals surface area contributed by atoms with Crippen LogP contribution in [0.3, 0.4) is 0 Å². The molecule has 1 fully saturated rings. The number of amides is 1. The number of piperazine rings is 1. The molecule has 4 nitrogen and oxygen atoms in total. The number of nitrogens with zero attached hydrogens (tertiary/aromatic N) is 2. The lowest BCUT2D eigenvalue weighted by Gasteiger charge is -2.36. The number of carbonyl (C=O) groups excluding carboxylic acids is 1. The lowest BCUT2D eigenvalue weighted by Crippen LogP contribution is -2.48. The van der Waals surface area contributed by atoms with Crippen LogP contribution in [0.15, 0.2) is 48.7 Å². The molecule has 1 saturated heterocycles. The van der Waals surface area contributed by atoms with Crippen LogP contribution in [0.4, 0.5) is 4.39 Å². The second kappa shape index (κ2) is 12.2. The zero-order chi connectivity index (χ0) is 17.5. The van der Waals surface area contributed by atoms with Crippen LogP contribution >= 0.6 is 36.6 Å². The number of carbonyl (C=O) groups is 1. The van der Waals surface area contributed by atoms with Crippen LogP contribution in [0.5, 0.6) is 0 Å². The van der Waals surface area contributed by atoms with E-state index in [-0.39, 0.29) is 42.6 Å². The number of pyridine rings is 1. The molecule has 27 heavy (non-hydrogen) atoms. The van der Waals surface area contributed by atoms with Crippen molar-refractivity contribution in [1.82, 2.24) is 15.2 Å². The minimum Gasteiger partial charge on any atom is -0.333 e. The Morgan fingerprint density at radius 2 is 2.11 bits per heavy atom. The fraction of sp³-hybridized carbons (Fsp3) is 0.368. The first-order valence-electron chi connectivity index (χ1n) is 8.47. The van der Waals surface area contributed by atoms with Crippen LogP contribution < -0.4 is 5.32 Å². The van der Waals surface area contributed by atoms with Gasteiger partial charge in [0.25, 0.3) is 0 Å². The average Bonchev–Trinajstić information content (AvgIpc) is 2.66. The van der Waals surface area contributed by atoms with Crippen molar-refractivity contribution < 1.29 is 9.18 Å². The van der Waals surface area contributed by atoms with Crippen molar-refractivity contribution in [2.45, 2.75) is 18.2 Å². The third kappa shape index (κ3) is 6.96. The lowest BCUT2D eigenvalue weighted by atomic mass is 10.0. The summed E-state index contributed by atoms with van der Waals surface area (Å²) in [4.78, 5) is 18.8. The van der Waals surface area contributed by atoms with Gasteiger partial charge >= 0.3 is 0 Å². The molecular weight excluding hydrogens is 408 g/mol. The molecule has 0 saturated carbocycles. The van der Waals surface area contributed by atoms with Gasteiger partial charge in [0.15, 0.2) is 0 Å². The van der Waals surface area contributed by atoms with Crippen LogP contribution in [0, 0.1) is 5.82 Å². The summed E-state index contributed by atoms with van der Waals surface area (Å²) in [5.74, 6) is 1.43. The highest BCUT2D eigenvalue weighted by Crippen LogP contribution is 2.24. The molecule has 3 rings (SSSR count). The Morgan fingerprint density at radius 3 is 2.85 bits per heavy atom. The summed E-state index contributed by atoms with van der Waals surface area (Å²) in [6.07, 6.45) is 2.27. The number of halogens is 3. The van der Waals surface area contributed by atoms with Crippen molar-refractivity contribution in [3.63, 3.8) is 0 Å². The van der Waals surface area contributed by atoms with Gasteiger partial charge in [0.1, 0.15) is 5.82 Å². The van der Waals surface area contributed by atoms with Crippen LogP contribution in [0.25, 0.3) is 0 Å². The molecule has 1 aromatic heterocycles. The molecule has 8 heteroatoms. The van der Waals surface area contributed by atoms with E-state index in [4.69, 9.17) is 0 Å². The average molecular weight is 432 g/mol. The van der Waals surface area contributed by atoms with Crippen LogP contribution in [-0.4, -0.2) is 41.2 Å². The molecule has 0 radical (unpaired) electrons. The van der Waals surface area contributed by atoms with Crippen molar-refractivity contribution in [1.29, 1.82) is 0 Å². The molecule has 148 valence electrons. The van der Waals surface area contributed by atoms with E-state index in [1.165, 1.54) is 12.1 Å². The number of benzene rings is 1. The molecule has 1 amide bonds. The summed E-state index contributed by atoms with van der Waals surface area (Å²) in [6.45, 7) is 2.10. The zero-order valence-electron chi connectivity index (χ0n) is 14.8. The highest BCUT2D eigenvalue weighted by molar-refractivity contribution is 7.98. The maximum Gasteiger partial charge on any atom is 0.224 e. The van der Waals surface area contributed by atoms with Gasteiger partial charge in [-0.05, 0) is 29.8 Å². The summed E-state index contributed by atoms with van der Waals surface area (Å²) in [6, 6.07) is 12.3. The van der Waals surface area contributed by atoms with Gasteiger partial charge in [-0.25, -0.2) is 4.39 Å². The van der Waals surface area contributed by atoms with E-state index < -0.39 is 0 Å². The van der Waals surface area contributed by atoms with Gasteiger partial charge < -0.3 is 10.2 Å². The van der Waals surface area contributed by atoms with Crippen molar-refractivity contribution in [2.24, 2.45) is 0 Å². The Kier molecular flexibility index (Phi) is 10.7. The molecule has 0 aliphatic carbocycles. The van der Waals surface area contributed by atoms with E-state index in [2.05, 4.69) is 10.3 Å². The Balaban J connectivity index is 0.00000182. The summed E-state index contributed by atoms with van der Waals surface area (Å²) < 4.78 is 13.5. The summed E-state index contributed by atoms with van der Waals surface area (Å²) in [5.41, 5.74) is 1.88. The van der Waals surface area contributed by atoms with E-state index in [1.807, 2.05) is 29.2 Å². The fourth-order valence-electron chi connectivity index (χ4n) is 2.98. The third-order valence-electron chi connectivity index (χ3n) is 4.23. The first-order valence-corrected chi connectivity index (χ1v) is 9.63. The second-order valence-corrected chi connectivity index (χ2v) is 7.09. The molecule has 0 bridgehead atoms. The molecule has 1 aromatic carbocycles. The van der Waals surface area contributed by atoms with Crippen molar-refractivity contribution in [3.05, 3.63) is 65.7 Å². The number of aromatic nitrogens is 1. The van der Waals surface area contributed by atoms with Crippen molar-refractivity contribution in [3.8, 4) is 0 Å². The van der Waals surface area contributed by atoms with E-state index >= 15 is 0 Å². The van der Waals surface area contributed by atoms with E-state index in [1.54, 1.807) is 24.0 Å². The minimum atomic E-state index is -0.263. The SMILES string of the molecule is Cl.Cl.O=C(CCSCc1ccccn1)N1CCNCC1c1cccc(F)c1. The predicted octanol–water partition coefficient (Wildman–Crippen LogP) is 3.86. The smallest absolute Gasteiger partial charge is 0.224 e. The first kappa shape index (κ1) is 23.7. The predicted molar refractivity (Wildman–Crippen MR) is 113 cm³/mol. The van der Waals surface area contributed by atoms with Crippen LogP contribution in [0.1, 0.15) is 23.7 Å². The van der Waals surface area contributed by atoms with E-state index in [0.717, 1.165) is 29.3 Å². The van der Waals surface area contributed by atoms with Gasteiger partial charge in [0.05, 0.1) is 11.7 Å². The molecule has 1 aliphatic heterocycles. The normalized spacial score (nSPS) is 16.2. The highest BCUT2D eigenvalue weighted by atomic mass is 35.5. The summed E-state index contributed by atoms with van der Waals surface area (Å²) in [5, 5.41) is 3.30. The van der Waals surface area contributed by atoms with E-state index in [9.17, 15) is 9.18 Å². The molecular formula is C19H24Cl2FN3OS. The Labute approximate surface area is 176 Å². The summed E-state index contributed by atoms with van der Waals surface area (Å²) >= 11 is 1.71. The molecule has 1 aliphatic rings. The molecule has 1 atom stereocenters. The van der Waals surface area contributed by atoms with Gasteiger partial charge in [-0.3, -0.25) is 9.78 Å². The Hall–Kier alpha value is -1.34. The number of hydrogen-bond donors (Lipinski definition) is 1. The summed E-state index contributed by atoms with van der Waals surface area (Å²) in [7, 11) is 0.